The third-order valence-corrected chi connectivity index (χ3v) is 4.39. The lowest BCUT2D eigenvalue weighted by Crippen LogP contribution is -2.55. The Morgan fingerprint density at radius 2 is 2.03 bits per heavy atom. The van der Waals surface area contributed by atoms with E-state index in [0.717, 1.165) is 6.07 Å². The van der Waals surface area contributed by atoms with Crippen molar-refractivity contribution >= 4 is 28.4 Å². The predicted octanol–water partition coefficient (Wildman–Crippen LogP) is 2.53. The summed E-state index contributed by atoms with van der Waals surface area (Å²) in [6.07, 6.45) is 2.28. The van der Waals surface area contributed by atoms with Crippen LogP contribution in [0.2, 0.25) is 0 Å². The number of pyridine rings is 1. The quantitative estimate of drug-likeness (QED) is 0.502. The molecule has 1 aliphatic rings. The lowest BCUT2D eigenvalue weighted by Gasteiger charge is -2.37. The van der Waals surface area contributed by atoms with E-state index < -0.39 is 17.4 Å². The molecule has 0 radical (unpaired) electrons. The number of fused-ring (bicyclic) bond motifs is 1. The van der Waals surface area contributed by atoms with Crippen molar-refractivity contribution in [3.8, 4) is 11.6 Å². The van der Waals surface area contributed by atoms with Crippen LogP contribution in [0.5, 0.6) is 11.6 Å². The number of benzene rings is 1. The molecule has 1 amide bonds. The average molecular weight is 399 g/mol. The Morgan fingerprint density at radius 1 is 1.24 bits per heavy atom. The molecule has 4 rings (SSSR count). The lowest BCUT2D eigenvalue weighted by atomic mass is 10.1. The second-order valence-corrected chi connectivity index (χ2v) is 6.31. The second-order valence-electron chi connectivity index (χ2n) is 6.31. The number of anilines is 2. The van der Waals surface area contributed by atoms with Crippen LogP contribution in [0.25, 0.3) is 11.0 Å². The normalized spacial score (nSPS) is 13.8. The third kappa shape index (κ3) is 3.51. The monoisotopic (exact) mass is 399 g/mol. The molecular weight excluding hydrogens is 384 g/mol. The van der Waals surface area contributed by atoms with Crippen LogP contribution >= 0.6 is 0 Å². The first kappa shape index (κ1) is 18.5. The molecule has 2 N–H and O–H groups in total. The van der Waals surface area contributed by atoms with E-state index in [1.54, 1.807) is 17.0 Å². The molecule has 1 saturated heterocycles. The number of phenols is 1. The molecule has 0 bridgehead atoms. The number of likely N-dealkylation sites (tertiary alicyclic amines) is 1. The number of aromatic hydroxyl groups is 1. The van der Waals surface area contributed by atoms with E-state index in [1.165, 1.54) is 18.5 Å². The van der Waals surface area contributed by atoms with Gasteiger partial charge in [-0.15, -0.1) is 0 Å². The van der Waals surface area contributed by atoms with Crippen LogP contribution in [0.3, 0.4) is 0 Å². The lowest BCUT2D eigenvalue weighted by molar-refractivity contribution is -0.134. The Kier molecular flexibility index (Phi) is 4.67. The standard InChI is InChI=1S/C19H15F2N5O3/c1-2-15(28)26-7-10(8-26)29-14-6-4-12-18(25-14)19(23-9-22-12)24-11-3-5-13(27)17(21)16(11)20/h2-6,9-10,27H,1,7-8H2,(H,22,23,24). The Labute approximate surface area is 163 Å². The van der Waals surface area contributed by atoms with Crippen molar-refractivity contribution in [1.82, 2.24) is 19.9 Å². The van der Waals surface area contributed by atoms with Gasteiger partial charge >= 0.3 is 0 Å². The predicted molar refractivity (Wildman–Crippen MR) is 99.8 cm³/mol. The number of hydrogen-bond donors (Lipinski definition) is 2. The van der Waals surface area contributed by atoms with E-state index in [4.69, 9.17) is 4.74 Å². The zero-order valence-electron chi connectivity index (χ0n) is 15.0. The number of hydrogen-bond acceptors (Lipinski definition) is 7. The van der Waals surface area contributed by atoms with Gasteiger partial charge in [0.2, 0.25) is 17.6 Å². The van der Waals surface area contributed by atoms with Gasteiger partial charge in [-0.05, 0) is 24.3 Å². The molecular formula is C19H15F2N5O3. The van der Waals surface area contributed by atoms with Crippen molar-refractivity contribution in [3.63, 3.8) is 0 Å². The highest BCUT2D eigenvalue weighted by Crippen LogP contribution is 2.29. The van der Waals surface area contributed by atoms with E-state index in [9.17, 15) is 18.7 Å². The van der Waals surface area contributed by atoms with Gasteiger partial charge < -0.3 is 20.1 Å². The summed E-state index contributed by atoms with van der Waals surface area (Å²) in [5, 5.41) is 11.9. The van der Waals surface area contributed by atoms with Crippen molar-refractivity contribution < 1.29 is 23.4 Å². The van der Waals surface area contributed by atoms with Crippen LogP contribution in [-0.2, 0) is 4.79 Å². The summed E-state index contributed by atoms with van der Waals surface area (Å²) < 4.78 is 33.4. The molecule has 1 aromatic carbocycles. The molecule has 2 aromatic heterocycles. The van der Waals surface area contributed by atoms with Crippen molar-refractivity contribution in [2.75, 3.05) is 18.4 Å². The highest BCUT2D eigenvalue weighted by molar-refractivity contribution is 5.88. The van der Waals surface area contributed by atoms with Crippen LogP contribution in [0.15, 0.2) is 43.2 Å². The number of rotatable bonds is 5. The molecule has 148 valence electrons. The van der Waals surface area contributed by atoms with Crippen molar-refractivity contribution in [1.29, 1.82) is 0 Å². The molecule has 0 atom stereocenters. The van der Waals surface area contributed by atoms with Crippen LogP contribution in [-0.4, -0.2) is 50.1 Å². The van der Waals surface area contributed by atoms with E-state index >= 15 is 0 Å². The molecule has 1 fully saturated rings. The van der Waals surface area contributed by atoms with Gasteiger partial charge in [0.05, 0.1) is 24.3 Å². The number of phenolic OH excluding ortho intramolecular Hbond substituents is 1. The Balaban J connectivity index is 1.58. The van der Waals surface area contributed by atoms with E-state index in [-0.39, 0.29) is 34.9 Å². The third-order valence-electron chi connectivity index (χ3n) is 4.39. The number of carbonyl (C=O) groups excluding carboxylic acids is 1. The van der Waals surface area contributed by atoms with Crippen LogP contribution in [0.4, 0.5) is 20.3 Å². The van der Waals surface area contributed by atoms with Crippen molar-refractivity contribution in [3.05, 3.63) is 54.9 Å². The zero-order chi connectivity index (χ0) is 20.5. The van der Waals surface area contributed by atoms with Crippen LogP contribution < -0.4 is 10.1 Å². The summed E-state index contributed by atoms with van der Waals surface area (Å²) in [4.78, 5) is 25.6. The van der Waals surface area contributed by atoms with Gasteiger partial charge in [-0.2, -0.15) is 4.39 Å². The van der Waals surface area contributed by atoms with Gasteiger partial charge in [0.25, 0.3) is 0 Å². The number of nitrogens with zero attached hydrogens (tertiary/aromatic N) is 4. The van der Waals surface area contributed by atoms with Gasteiger partial charge in [0.15, 0.2) is 17.4 Å². The number of carbonyl (C=O) groups is 1. The fourth-order valence-corrected chi connectivity index (χ4v) is 2.84. The number of amides is 1. The van der Waals surface area contributed by atoms with Gasteiger partial charge in [-0.1, -0.05) is 6.58 Å². The minimum Gasteiger partial charge on any atom is -0.505 e. The fraction of sp³-hybridized carbons (Fsp3) is 0.158. The first-order chi connectivity index (χ1) is 14.0. The number of halogens is 2. The first-order valence-corrected chi connectivity index (χ1v) is 8.60. The number of ether oxygens (including phenoxy) is 1. The highest BCUT2D eigenvalue weighted by Gasteiger charge is 2.31. The average Bonchev–Trinajstić information content (AvgIpc) is 2.70. The van der Waals surface area contributed by atoms with E-state index in [0.29, 0.717) is 18.6 Å². The second kappa shape index (κ2) is 7.30. The maximum Gasteiger partial charge on any atom is 0.246 e. The van der Waals surface area contributed by atoms with Crippen molar-refractivity contribution in [2.45, 2.75) is 6.10 Å². The van der Waals surface area contributed by atoms with Gasteiger partial charge in [-0.25, -0.2) is 19.3 Å². The smallest absolute Gasteiger partial charge is 0.246 e. The maximum absolute atomic E-state index is 14.1. The zero-order valence-corrected chi connectivity index (χ0v) is 15.0. The summed E-state index contributed by atoms with van der Waals surface area (Å²) in [5.74, 6) is -3.15. The number of nitrogens with one attached hydrogen (secondary N) is 1. The molecule has 0 unspecified atom stereocenters. The summed E-state index contributed by atoms with van der Waals surface area (Å²) in [7, 11) is 0. The number of aromatic nitrogens is 3. The molecule has 3 heterocycles. The maximum atomic E-state index is 14.1. The SMILES string of the molecule is C=CC(=O)N1CC(Oc2ccc3ncnc(Nc4ccc(O)c(F)c4F)c3n2)C1. The highest BCUT2D eigenvalue weighted by atomic mass is 19.2. The molecule has 0 saturated carbocycles. The fourth-order valence-electron chi connectivity index (χ4n) is 2.84. The minimum absolute atomic E-state index is 0.140. The Morgan fingerprint density at radius 3 is 2.79 bits per heavy atom. The van der Waals surface area contributed by atoms with E-state index in [2.05, 4.69) is 26.8 Å². The first-order valence-electron chi connectivity index (χ1n) is 8.60. The Hall–Kier alpha value is -3.82. The summed E-state index contributed by atoms with van der Waals surface area (Å²) in [6, 6.07) is 5.49. The summed E-state index contributed by atoms with van der Waals surface area (Å²) >= 11 is 0. The van der Waals surface area contributed by atoms with Crippen LogP contribution in [0.1, 0.15) is 0 Å². The van der Waals surface area contributed by atoms with Gasteiger partial charge in [0, 0.05) is 6.07 Å². The Bertz CT molecular complexity index is 1120. The topological polar surface area (TPSA) is 100 Å². The molecule has 0 spiro atoms. The largest absolute Gasteiger partial charge is 0.505 e. The summed E-state index contributed by atoms with van der Waals surface area (Å²) in [6.45, 7) is 4.27. The van der Waals surface area contributed by atoms with Gasteiger partial charge in [-0.3, -0.25) is 4.79 Å². The van der Waals surface area contributed by atoms with Crippen molar-refractivity contribution in [2.24, 2.45) is 0 Å². The molecule has 0 aliphatic carbocycles. The molecule has 29 heavy (non-hydrogen) atoms. The molecule has 8 nitrogen and oxygen atoms in total. The van der Waals surface area contributed by atoms with Crippen LogP contribution in [0, 0.1) is 11.6 Å². The molecule has 10 heteroatoms. The molecule has 1 aliphatic heterocycles. The molecule has 3 aromatic rings. The minimum atomic E-state index is -1.37. The van der Waals surface area contributed by atoms with Gasteiger partial charge in [0.1, 0.15) is 17.9 Å². The summed E-state index contributed by atoms with van der Waals surface area (Å²) in [5.41, 5.74) is 0.536. The van der Waals surface area contributed by atoms with E-state index in [1.807, 2.05) is 0 Å².